The molecule has 0 rings (SSSR count). The van der Waals surface area contributed by atoms with E-state index in [1.54, 1.807) is 11.8 Å². The number of unbranched alkanes of at least 4 members (excludes halogenated alkanes) is 4. The van der Waals surface area contributed by atoms with Gasteiger partial charge in [-0.05, 0) is 18.6 Å². The minimum absolute atomic E-state index is 0.407. The van der Waals surface area contributed by atoms with Gasteiger partial charge in [0.05, 0.1) is 9.39 Å². The van der Waals surface area contributed by atoms with Crippen molar-refractivity contribution in [3.63, 3.8) is 0 Å². The van der Waals surface area contributed by atoms with Gasteiger partial charge >= 0.3 is 0 Å². The largest absolute Gasteiger partial charge is 0.287 e. The van der Waals surface area contributed by atoms with E-state index in [2.05, 4.69) is 6.92 Å². The van der Waals surface area contributed by atoms with Gasteiger partial charge in [-0.3, -0.25) is 4.79 Å². The normalized spacial score (nSPS) is 10.7. The lowest BCUT2D eigenvalue weighted by Gasteiger charge is -2.00. The molecular weight excluding hydrogens is 240 g/mol. The molecule has 0 aromatic heterocycles. The first-order valence-electron chi connectivity index (χ1n) is 5.95. The molecule has 4 heteroatoms. The Morgan fingerprint density at radius 1 is 1.07 bits per heavy atom. The molecule has 15 heavy (non-hydrogen) atoms. The van der Waals surface area contributed by atoms with Crippen LogP contribution >= 0.6 is 23.0 Å². The summed E-state index contributed by atoms with van der Waals surface area (Å²) in [5.74, 6) is 2.27. The van der Waals surface area contributed by atoms with Gasteiger partial charge in [-0.2, -0.15) is 11.2 Å². The Labute approximate surface area is 106 Å². The maximum atomic E-state index is 11.4. The van der Waals surface area contributed by atoms with E-state index in [-0.39, 0.29) is 0 Å². The van der Waals surface area contributed by atoms with E-state index in [1.165, 1.54) is 47.2 Å². The van der Waals surface area contributed by atoms with Crippen LogP contribution in [0, 0.1) is 0 Å². The average Bonchev–Trinajstić information content (AvgIpc) is 2.24. The molecule has 0 radical (unpaired) electrons. The summed E-state index contributed by atoms with van der Waals surface area (Å²) in [6, 6.07) is 0. The van der Waals surface area contributed by atoms with Crippen LogP contribution in [0.1, 0.15) is 51.9 Å². The van der Waals surface area contributed by atoms with Gasteiger partial charge in [-0.25, -0.2) is 0 Å². The third-order valence-corrected chi connectivity index (χ3v) is 5.18. The quantitative estimate of drug-likeness (QED) is 0.446. The third-order valence-electron chi connectivity index (χ3n) is 2.24. The molecule has 0 aliphatic rings. The summed E-state index contributed by atoms with van der Waals surface area (Å²) in [6.07, 6.45) is 8.21. The standard InChI is InChI=1S/C11H24OS2Si/c1-2-3-4-5-6-8-11(12)13-9-7-10-14-15/h2-10H2,1,15H3. The predicted octanol–water partition coefficient (Wildman–Crippen LogP) is 3.01. The van der Waals surface area contributed by atoms with Crippen LogP contribution in [0.2, 0.25) is 0 Å². The Morgan fingerprint density at radius 3 is 2.47 bits per heavy atom. The van der Waals surface area contributed by atoms with E-state index >= 15 is 0 Å². The first-order valence-corrected chi connectivity index (χ1v) is 10.8. The van der Waals surface area contributed by atoms with E-state index < -0.39 is 0 Å². The number of hydrogen-bond donors (Lipinski definition) is 0. The Bertz CT molecular complexity index is 154. The monoisotopic (exact) mass is 264 g/mol. The van der Waals surface area contributed by atoms with Crippen LogP contribution in [0.25, 0.3) is 0 Å². The molecule has 0 bridgehead atoms. The van der Waals surface area contributed by atoms with Crippen LogP contribution in [0.3, 0.4) is 0 Å². The summed E-state index contributed by atoms with van der Waals surface area (Å²) >= 11 is 3.54. The molecule has 0 heterocycles. The predicted molar refractivity (Wildman–Crippen MR) is 77.9 cm³/mol. The van der Waals surface area contributed by atoms with Gasteiger partial charge in [0.2, 0.25) is 0 Å². The van der Waals surface area contributed by atoms with Crippen LogP contribution in [0.4, 0.5) is 0 Å². The Kier molecular flexibility index (Phi) is 13.2. The average molecular weight is 265 g/mol. The first kappa shape index (κ1) is 15.6. The van der Waals surface area contributed by atoms with Crippen molar-refractivity contribution >= 4 is 37.5 Å². The van der Waals surface area contributed by atoms with Gasteiger partial charge < -0.3 is 0 Å². The van der Waals surface area contributed by atoms with Crippen molar-refractivity contribution in [1.29, 1.82) is 0 Å². The lowest BCUT2D eigenvalue weighted by atomic mass is 10.1. The van der Waals surface area contributed by atoms with Crippen LogP contribution in [-0.4, -0.2) is 26.0 Å². The minimum Gasteiger partial charge on any atom is -0.287 e. The zero-order valence-corrected chi connectivity index (χ0v) is 13.7. The molecule has 0 spiro atoms. The first-order chi connectivity index (χ1) is 7.31. The number of rotatable bonds is 10. The highest BCUT2D eigenvalue weighted by Gasteiger charge is 2.01. The van der Waals surface area contributed by atoms with Gasteiger partial charge in [0.1, 0.15) is 0 Å². The molecule has 0 aromatic rings. The molecular formula is C11H24OS2Si. The van der Waals surface area contributed by atoms with Gasteiger partial charge in [0, 0.05) is 12.2 Å². The number of carbonyl (C=O) groups excluding carboxylic acids is 1. The highest BCUT2D eigenvalue weighted by atomic mass is 32.4. The maximum absolute atomic E-state index is 11.4. The second-order valence-electron chi connectivity index (χ2n) is 3.73. The Hall–Kier alpha value is 0.587. The van der Waals surface area contributed by atoms with Crippen LogP contribution in [0.15, 0.2) is 0 Å². The summed E-state index contributed by atoms with van der Waals surface area (Å²) in [7, 11) is 1.23. The van der Waals surface area contributed by atoms with Crippen molar-refractivity contribution in [2.75, 3.05) is 11.5 Å². The van der Waals surface area contributed by atoms with Crippen LogP contribution in [0.5, 0.6) is 0 Å². The summed E-state index contributed by atoms with van der Waals surface area (Å²) in [5.41, 5.74) is 0. The van der Waals surface area contributed by atoms with Crippen LogP contribution in [-0.2, 0) is 4.79 Å². The highest BCUT2D eigenvalue weighted by molar-refractivity contribution is 8.19. The summed E-state index contributed by atoms with van der Waals surface area (Å²) in [6.45, 7) is 2.22. The summed E-state index contributed by atoms with van der Waals surface area (Å²) < 4.78 is 0. The number of hydrogen-bond acceptors (Lipinski definition) is 3. The van der Waals surface area contributed by atoms with E-state index in [4.69, 9.17) is 0 Å². The molecule has 0 aliphatic carbocycles. The van der Waals surface area contributed by atoms with Gasteiger partial charge in [0.25, 0.3) is 0 Å². The summed E-state index contributed by atoms with van der Waals surface area (Å²) in [5, 5.41) is 0.407. The lowest BCUT2D eigenvalue weighted by molar-refractivity contribution is -0.111. The fourth-order valence-electron chi connectivity index (χ4n) is 1.33. The van der Waals surface area contributed by atoms with E-state index in [0.29, 0.717) is 5.12 Å². The third kappa shape index (κ3) is 12.5. The molecule has 0 fully saturated rings. The Morgan fingerprint density at radius 2 is 1.80 bits per heavy atom. The molecule has 0 unspecified atom stereocenters. The second-order valence-corrected chi connectivity index (χ2v) is 7.60. The highest BCUT2D eigenvalue weighted by Crippen LogP contribution is 2.13. The van der Waals surface area contributed by atoms with Crippen molar-refractivity contribution in [2.24, 2.45) is 0 Å². The zero-order chi connectivity index (χ0) is 11.4. The number of carbonyl (C=O) groups is 1. The lowest BCUT2D eigenvalue weighted by Crippen LogP contribution is -1.94. The van der Waals surface area contributed by atoms with Crippen molar-refractivity contribution in [3.8, 4) is 0 Å². The number of thioether (sulfide) groups is 1. The SMILES string of the molecule is CCCCCCCC(=O)SCCCS[SiH3]. The maximum Gasteiger partial charge on any atom is 0.188 e. The molecule has 0 saturated heterocycles. The van der Waals surface area contributed by atoms with Crippen LogP contribution < -0.4 is 0 Å². The molecule has 90 valence electrons. The molecule has 0 amide bonds. The smallest absolute Gasteiger partial charge is 0.188 e. The topological polar surface area (TPSA) is 17.1 Å². The fraction of sp³-hybridized carbons (Fsp3) is 0.909. The zero-order valence-electron chi connectivity index (χ0n) is 10.1. The summed E-state index contributed by atoms with van der Waals surface area (Å²) in [4.78, 5) is 11.4. The molecule has 0 saturated carbocycles. The van der Waals surface area contributed by atoms with E-state index in [0.717, 1.165) is 18.6 Å². The van der Waals surface area contributed by atoms with E-state index in [9.17, 15) is 4.79 Å². The van der Waals surface area contributed by atoms with Crippen molar-refractivity contribution in [1.82, 2.24) is 0 Å². The Balaban J connectivity index is 3.11. The van der Waals surface area contributed by atoms with Crippen molar-refractivity contribution in [2.45, 2.75) is 51.9 Å². The second kappa shape index (κ2) is 12.7. The molecule has 0 N–H and O–H groups in total. The molecule has 1 nitrogen and oxygen atoms in total. The van der Waals surface area contributed by atoms with Gasteiger partial charge in [0.15, 0.2) is 5.12 Å². The molecule has 0 aromatic carbocycles. The molecule has 0 atom stereocenters. The van der Waals surface area contributed by atoms with Crippen molar-refractivity contribution in [3.05, 3.63) is 0 Å². The minimum atomic E-state index is 0.407. The fourth-order valence-corrected chi connectivity index (χ4v) is 3.62. The van der Waals surface area contributed by atoms with E-state index in [1.807, 2.05) is 11.2 Å². The molecule has 0 aliphatic heterocycles. The van der Waals surface area contributed by atoms with Gasteiger partial charge in [-0.15, -0.1) is 0 Å². The van der Waals surface area contributed by atoms with Crippen molar-refractivity contribution < 1.29 is 4.79 Å². The van der Waals surface area contributed by atoms with Gasteiger partial charge in [-0.1, -0.05) is 44.4 Å².